The molecule has 148 valence electrons. The molecule has 4 aliphatic rings. The lowest BCUT2D eigenvalue weighted by molar-refractivity contribution is -0.0157. The van der Waals surface area contributed by atoms with Gasteiger partial charge in [-0.3, -0.25) is 0 Å². The number of allylic oxidation sites excluding steroid dienone is 2. The molecule has 7 atom stereocenters. The lowest BCUT2D eigenvalue weighted by Crippen LogP contribution is -2.45. The van der Waals surface area contributed by atoms with Crippen LogP contribution in [0.4, 0.5) is 0 Å². The van der Waals surface area contributed by atoms with E-state index in [4.69, 9.17) is 0 Å². The molecule has 4 aliphatic carbocycles. The van der Waals surface area contributed by atoms with Crippen molar-refractivity contribution in [2.45, 2.75) is 105 Å². The minimum Gasteiger partial charge on any atom is -0.0847 e. The maximum absolute atomic E-state index is 2.74. The van der Waals surface area contributed by atoms with Crippen molar-refractivity contribution in [1.29, 1.82) is 0 Å². The van der Waals surface area contributed by atoms with Gasteiger partial charge < -0.3 is 0 Å². The van der Waals surface area contributed by atoms with Crippen LogP contribution in [-0.2, 0) is 0 Å². The van der Waals surface area contributed by atoms with E-state index >= 15 is 0 Å². The molecule has 0 heterocycles. The Labute approximate surface area is 163 Å². The minimum atomic E-state index is 0.687. The largest absolute Gasteiger partial charge is 0.0847 e. The quantitative estimate of drug-likeness (QED) is 0.345. The Morgan fingerprint density at radius 1 is 1.04 bits per heavy atom. The lowest BCUT2D eigenvalue weighted by atomic mass is 9.51. The first kappa shape index (κ1) is 19.1. The number of fused-ring (bicyclic) bond motifs is 5. The van der Waals surface area contributed by atoms with Gasteiger partial charge in [0.05, 0.1) is 0 Å². The predicted molar refractivity (Wildman–Crippen MR) is 113 cm³/mol. The molecule has 0 aromatic heterocycles. The van der Waals surface area contributed by atoms with Crippen LogP contribution in [0.3, 0.4) is 0 Å². The molecule has 0 nitrogen and oxygen atoms in total. The summed E-state index contributed by atoms with van der Waals surface area (Å²) < 4.78 is 0. The van der Waals surface area contributed by atoms with Gasteiger partial charge in [-0.2, -0.15) is 0 Å². The van der Waals surface area contributed by atoms with Crippen molar-refractivity contribution >= 4 is 0 Å². The van der Waals surface area contributed by atoms with E-state index in [-0.39, 0.29) is 0 Å². The smallest absolute Gasteiger partial charge is 0.0172 e. The molecule has 0 aliphatic heterocycles. The summed E-state index contributed by atoms with van der Waals surface area (Å²) in [5.41, 5.74) is 2.57. The van der Waals surface area contributed by atoms with E-state index < -0.39 is 0 Å². The number of rotatable bonds is 5. The Hall–Kier alpha value is -0.260. The second kappa shape index (κ2) is 7.63. The van der Waals surface area contributed by atoms with Crippen molar-refractivity contribution in [2.24, 2.45) is 46.8 Å². The highest BCUT2D eigenvalue weighted by Gasteiger charge is 2.55. The number of unbranched alkanes of at least 4 members (excludes halogenated alkanes) is 1. The van der Waals surface area contributed by atoms with Gasteiger partial charge in [-0.25, -0.2) is 0 Å². The fourth-order valence-corrected chi connectivity index (χ4v) is 8.00. The van der Waals surface area contributed by atoms with Crippen LogP contribution in [0.15, 0.2) is 11.6 Å². The first-order valence-electron chi connectivity index (χ1n) is 12.2. The highest BCUT2D eigenvalue weighted by atomic mass is 14.6. The second-order valence-electron chi connectivity index (χ2n) is 11.4. The topological polar surface area (TPSA) is 0 Å². The standard InChI is InChI=1S/C26H44/c1-18(2)7-5-6-8-21-11-14-25-24-13-10-20-17-19(3)9-12-22(20)23(24)15-16-26(21,25)4/h10,18-19,21-25H,5-9,11-17H2,1-4H3. The van der Waals surface area contributed by atoms with E-state index in [1.165, 1.54) is 51.4 Å². The summed E-state index contributed by atoms with van der Waals surface area (Å²) in [4.78, 5) is 0. The fraction of sp³-hybridized carbons (Fsp3) is 0.923. The van der Waals surface area contributed by atoms with Crippen molar-refractivity contribution < 1.29 is 0 Å². The molecule has 0 bridgehead atoms. The van der Waals surface area contributed by atoms with Gasteiger partial charge in [0.25, 0.3) is 0 Å². The van der Waals surface area contributed by atoms with Crippen LogP contribution in [0.25, 0.3) is 0 Å². The SMILES string of the molecule is CC(C)CCCCC1CCC2C3CC=C4CC(C)CCC4C3CCC12C. The molecule has 3 saturated carbocycles. The van der Waals surface area contributed by atoms with Crippen molar-refractivity contribution in [3.63, 3.8) is 0 Å². The highest BCUT2D eigenvalue weighted by Crippen LogP contribution is 2.64. The van der Waals surface area contributed by atoms with E-state index in [0.29, 0.717) is 5.41 Å². The van der Waals surface area contributed by atoms with Crippen LogP contribution >= 0.6 is 0 Å². The highest BCUT2D eigenvalue weighted by molar-refractivity contribution is 5.19. The lowest BCUT2D eigenvalue weighted by Gasteiger charge is -2.54. The first-order chi connectivity index (χ1) is 12.5. The van der Waals surface area contributed by atoms with E-state index in [1.807, 2.05) is 5.57 Å². The minimum absolute atomic E-state index is 0.687. The Kier molecular flexibility index (Phi) is 5.60. The van der Waals surface area contributed by atoms with Crippen LogP contribution in [-0.4, -0.2) is 0 Å². The molecule has 0 aromatic carbocycles. The molecule has 3 fully saturated rings. The third kappa shape index (κ3) is 3.44. The fourth-order valence-electron chi connectivity index (χ4n) is 8.00. The monoisotopic (exact) mass is 356 g/mol. The molecule has 0 N–H and O–H groups in total. The average molecular weight is 357 g/mol. The average Bonchev–Trinajstić information content (AvgIpc) is 2.94. The molecule has 0 heteroatoms. The zero-order chi connectivity index (χ0) is 18.3. The first-order valence-corrected chi connectivity index (χ1v) is 12.2. The molecule has 0 radical (unpaired) electrons. The summed E-state index contributed by atoms with van der Waals surface area (Å²) in [6.45, 7) is 9.95. The Bertz CT molecular complexity index is 514. The number of hydrogen-bond acceptors (Lipinski definition) is 0. The normalized spacial score (nSPS) is 45.0. The Balaban J connectivity index is 1.41. The van der Waals surface area contributed by atoms with Gasteiger partial charge in [0.15, 0.2) is 0 Å². The molecule has 0 aromatic rings. The van der Waals surface area contributed by atoms with Crippen molar-refractivity contribution in [3.05, 3.63) is 11.6 Å². The zero-order valence-corrected chi connectivity index (χ0v) is 18.1. The van der Waals surface area contributed by atoms with Gasteiger partial charge >= 0.3 is 0 Å². The Morgan fingerprint density at radius 3 is 2.69 bits per heavy atom. The van der Waals surface area contributed by atoms with Crippen LogP contribution in [0.2, 0.25) is 0 Å². The second-order valence-corrected chi connectivity index (χ2v) is 11.4. The molecular formula is C26H44. The predicted octanol–water partition coefficient (Wildman–Crippen LogP) is 8.03. The third-order valence-corrected chi connectivity index (χ3v) is 9.47. The van der Waals surface area contributed by atoms with Crippen LogP contribution < -0.4 is 0 Å². The summed E-state index contributed by atoms with van der Waals surface area (Å²) in [6, 6.07) is 0. The van der Waals surface area contributed by atoms with Crippen LogP contribution in [0.1, 0.15) is 105 Å². The van der Waals surface area contributed by atoms with E-state index in [2.05, 4.69) is 33.8 Å². The summed E-state index contributed by atoms with van der Waals surface area (Å²) in [5.74, 6) is 7.01. The summed E-state index contributed by atoms with van der Waals surface area (Å²) in [6.07, 6.45) is 20.7. The number of hydrogen-bond donors (Lipinski definition) is 0. The summed E-state index contributed by atoms with van der Waals surface area (Å²) in [5, 5.41) is 0. The van der Waals surface area contributed by atoms with Crippen molar-refractivity contribution in [2.75, 3.05) is 0 Å². The maximum Gasteiger partial charge on any atom is -0.0172 e. The van der Waals surface area contributed by atoms with Gasteiger partial charge in [0.1, 0.15) is 0 Å². The third-order valence-electron chi connectivity index (χ3n) is 9.47. The zero-order valence-electron chi connectivity index (χ0n) is 18.1. The van der Waals surface area contributed by atoms with Crippen LogP contribution in [0.5, 0.6) is 0 Å². The van der Waals surface area contributed by atoms with Gasteiger partial charge in [-0.1, -0.05) is 58.6 Å². The molecule has 0 amide bonds. The molecule has 0 saturated heterocycles. The van der Waals surface area contributed by atoms with E-state index in [0.717, 1.165) is 41.4 Å². The van der Waals surface area contributed by atoms with Crippen molar-refractivity contribution in [1.82, 2.24) is 0 Å². The van der Waals surface area contributed by atoms with Crippen molar-refractivity contribution in [3.8, 4) is 0 Å². The van der Waals surface area contributed by atoms with Gasteiger partial charge in [0.2, 0.25) is 0 Å². The molecule has 4 rings (SSSR count). The van der Waals surface area contributed by atoms with Gasteiger partial charge in [0, 0.05) is 0 Å². The molecule has 7 unspecified atom stereocenters. The molecular weight excluding hydrogens is 312 g/mol. The van der Waals surface area contributed by atoms with Crippen LogP contribution in [0, 0.1) is 46.8 Å². The van der Waals surface area contributed by atoms with E-state index in [1.54, 1.807) is 25.7 Å². The molecule has 0 spiro atoms. The summed E-state index contributed by atoms with van der Waals surface area (Å²) >= 11 is 0. The van der Waals surface area contributed by atoms with Gasteiger partial charge in [-0.05, 0) is 105 Å². The summed E-state index contributed by atoms with van der Waals surface area (Å²) in [7, 11) is 0. The van der Waals surface area contributed by atoms with E-state index in [9.17, 15) is 0 Å². The Morgan fingerprint density at radius 2 is 1.88 bits per heavy atom. The van der Waals surface area contributed by atoms with Gasteiger partial charge in [-0.15, -0.1) is 0 Å². The molecule has 26 heavy (non-hydrogen) atoms. The maximum atomic E-state index is 2.74.